The summed E-state index contributed by atoms with van der Waals surface area (Å²) in [5.41, 5.74) is 0. The predicted octanol–water partition coefficient (Wildman–Crippen LogP) is 3.87. The molecule has 0 radical (unpaired) electrons. The summed E-state index contributed by atoms with van der Waals surface area (Å²) in [6.07, 6.45) is 16.9. The van der Waals surface area contributed by atoms with Crippen molar-refractivity contribution >= 4 is 28.6 Å². The van der Waals surface area contributed by atoms with Gasteiger partial charge in [0, 0.05) is 12.8 Å². The molecule has 0 aromatic rings. The fourth-order valence-electron chi connectivity index (χ4n) is 4.07. The number of hydrogen-bond acceptors (Lipinski definition) is 3. The van der Waals surface area contributed by atoms with Gasteiger partial charge in [-0.1, -0.05) is 58.3 Å². The molecule has 4 nitrogen and oxygen atoms in total. The Kier molecular flexibility index (Phi) is 9.88. The van der Waals surface area contributed by atoms with Gasteiger partial charge in [-0.3, -0.25) is 9.79 Å². The zero-order valence-electron chi connectivity index (χ0n) is 17.4. The van der Waals surface area contributed by atoms with Crippen molar-refractivity contribution in [2.75, 3.05) is 0 Å². The Morgan fingerprint density at radius 1 is 1.07 bits per heavy atom. The number of ketones is 1. The molecule has 27 heavy (non-hydrogen) atoms. The molecule has 2 aliphatic rings. The lowest BCUT2D eigenvalue weighted by atomic mass is 9.97. The average Bonchev–Trinajstić information content (AvgIpc) is 2.86. The summed E-state index contributed by atoms with van der Waals surface area (Å²) in [7, 11) is 0. The van der Waals surface area contributed by atoms with Crippen molar-refractivity contribution in [1.82, 2.24) is 5.32 Å². The molecule has 2 N–H and O–H groups in total. The van der Waals surface area contributed by atoms with Gasteiger partial charge in [0.25, 0.3) is 0 Å². The van der Waals surface area contributed by atoms with Crippen LogP contribution in [0.3, 0.4) is 0 Å². The van der Waals surface area contributed by atoms with Gasteiger partial charge in [0.05, 0.1) is 6.04 Å². The number of nitrogens with one attached hydrogen (secondary N) is 2. The molecule has 0 bridgehead atoms. The first-order valence-corrected chi connectivity index (χ1v) is 12.0. The van der Waals surface area contributed by atoms with Gasteiger partial charge in [0.1, 0.15) is 10.5 Å². The fourth-order valence-corrected chi connectivity index (χ4v) is 5.26. The minimum absolute atomic E-state index is 0.0165. The lowest BCUT2D eigenvalue weighted by Crippen LogP contribution is -2.80. The van der Waals surface area contributed by atoms with Gasteiger partial charge in [-0.15, -0.1) is 0 Å². The summed E-state index contributed by atoms with van der Waals surface area (Å²) in [6, 6.07) is 0.453. The topological polar surface area (TPSA) is 60.1 Å². The number of amides is 1. The van der Waals surface area contributed by atoms with E-state index in [0.717, 1.165) is 18.0 Å². The van der Waals surface area contributed by atoms with Crippen LogP contribution in [0.4, 0.5) is 0 Å². The highest BCUT2D eigenvalue weighted by Gasteiger charge is 2.49. The molecule has 1 heterocycles. The van der Waals surface area contributed by atoms with Crippen molar-refractivity contribution in [1.29, 1.82) is 0 Å². The van der Waals surface area contributed by atoms with Crippen LogP contribution in [0.15, 0.2) is 0 Å². The van der Waals surface area contributed by atoms with E-state index in [1.807, 2.05) is 6.92 Å². The second-order valence-corrected chi connectivity index (χ2v) is 10.0. The van der Waals surface area contributed by atoms with Crippen molar-refractivity contribution in [3.63, 3.8) is 0 Å². The molecular weight excluding hydrogens is 356 g/mol. The molecule has 1 saturated heterocycles. The molecule has 1 saturated carbocycles. The highest BCUT2D eigenvalue weighted by atomic mass is 32.2. The number of Topliss-reactive ketones (excluding diaryl/α,β-unsaturated/α-hetero) is 1. The average molecular weight is 396 g/mol. The third-order valence-corrected chi connectivity index (χ3v) is 7.02. The van der Waals surface area contributed by atoms with Gasteiger partial charge >= 0.3 is 11.1 Å². The second-order valence-electron chi connectivity index (χ2n) is 8.54. The number of amidine groups is 1. The standard InChI is InChI=1S/C22H38N2O2S/c1-3-4-5-6-10-13-16-19(25)17-22(2)20(26)24-21(27-22)23-18-14-11-8-7-9-12-15-18/h18H,3-17H2,1-2H3,(H,23,24,26)/p+1. The third-order valence-electron chi connectivity index (χ3n) is 5.82. The zero-order chi connectivity index (χ0) is 19.5. The summed E-state index contributed by atoms with van der Waals surface area (Å²) in [4.78, 5) is 28.5. The van der Waals surface area contributed by atoms with Gasteiger partial charge in [-0.05, 0) is 50.8 Å². The van der Waals surface area contributed by atoms with Gasteiger partial charge in [-0.25, -0.2) is 10.1 Å². The number of unbranched alkanes of at least 4 members (excludes halogenated alkanes) is 5. The molecule has 0 spiro atoms. The maximum absolute atomic E-state index is 12.5. The van der Waals surface area contributed by atoms with E-state index in [4.69, 9.17) is 0 Å². The van der Waals surface area contributed by atoms with E-state index in [0.29, 0.717) is 18.9 Å². The third kappa shape index (κ3) is 7.97. The molecule has 1 amide bonds. The number of carbonyl (C=O) groups is 2. The Bertz CT molecular complexity index is 512. The molecule has 0 aromatic carbocycles. The molecule has 2 rings (SSSR count). The van der Waals surface area contributed by atoms with Crippen molar-refractivity contribution in [3.05, 3.63) is 0 Å². The maximum Gasteiger partial charge on any atom is 0.324 e. The Morgan fingerprint density at radius 2 is 1.70 bits per heavy atom. The molecule has 154 valence electrons. The first-order valence-electron chi connectivity index (χ1n) is 11.2. The van der Waals surface area contributed by atoms with Gasteiger partial charge in [-0.2, -0.15) is 0 Å². The van der Waals surface area contributed by atoms with Crippen LogP contribution in [-0.2, 0) is 9.59 Å². The molecule has 1 aliphatic carbocycles. The van der Waals surface area contributed by atoms with Crippen LogP contribution in [-0.4, -0.2) is 27.6 Å². The molecule has 1 unspecified atom stereocenters. The SMILES string of the molecule is CCCCCCCCC(=O)CC1(C)SC(=[NH+]C2CCCCCCC2)NC1=O. The van der Waals surface area contributed by atoms with E-state index >= 15 is 0 Å². The van der Waals surface area contributed by atoms with Gasteiger partial charge in [0.2, 0.25) is 0 Å². The number of carbonyl (C=O) groups excluding carboxylic acids is 2. The highest BCUT2D eigenvalue weighted by molar-refractivity contribution is 8.16. The molecular formula is C22H39N2O2S+. The maximum atomic E-state index is 12.5. The Morgan fingerprint density at radius 3 is 2.41 bits per heavy atom. The summed E-state index contributed by atoms with van der Waals surface area (Å²) in [5, 5.41) is 3.86. The van der Waals surface area contributed by atoms with Crippen LogP contribution in [0.2, 0.25) is 0 Å². The minimum atomic E-state index is -0.650. The van der Waals surface area contributed by atoms with E-state index in [1.165, 1.54) is 82.4 Å². The molecule has 0 aromatic heterocycles. The van der Waals surface area contributed by atoms with Crippen molar-refractivity contribution < 1.29 is 14.6 Å². The van der Waals surface area contributed by atoms with E-state index < -0.39 is 4.75 Å². The molecule has 1 atom stereocenters. The van der Waals surface area contributed by atoms with E-state index in [9.17, 15) is 9.59 Å². The Hall–Kier alpha value is -0.840. The minimum Gasteiger partial charge on any atom is -0.300 e. The van der Waals surface area contributed by atoms with Gasteiger partial charge in [0.15, 0.2) is 0 Å². The smallest absolute Gasteiger partial charge is 0.300 e. The number of hydrogen-bond donors (Lipinski definition) is 2. The second kappa shape index (κ2) is 11.9. The first kappa shape index (κ1) is 22.4. The summed E-state index contributed by atoms with van der Waals surface area (Å²) >= 11 is 1.53. The van der Waals surface area contributed by atoms with E-state index in [1.54, 1.807) is 0 Å². The van der Waals surface area contributed by atoms with Crippen molar-refractivity contribution in [3.8, 4) is 0 Å². The van der Waals surface area contributed by atoms with Crippen LogP contribution in [0.5, 0.6) is 0 Å². The Labute approximate surface area is 169 Å². The van der Waals surface area contributed by atoms with Crippen LogP contribution in [0.25, 0.3) is 0 Å². The van der Waals surface area contributed by atoms with Gasteiger partial charge < -0.3 is 0 Å². The summed E-state index contributed by atoms with van der Waals surface area (Å²) in [5.74, 6) is 0.208. The van der Waals surface area contributed by atoms with E-state index in [-0.39, 0.29) is 11.7 Å². The number of rotatable bonds is 10. The van der Waals surface area contributed by atoms with Crippen LogP contribution in [0.1, 0.15) is 110 Å². The molecule has 5 heteroatoms. The predicted molar refractivity (Wildman–Crippen MR) is 114 cm³/mol. The number of thioether (sulfide) groups is 1. The zero-order valence-corrected chi connectivity index (χ0v) is 18.2. The van der Waals surface area contributed by atoms with Crippen LogP contribution in [0, 0.1) is 0 Å². The van der Waals surface area contributed by atoms with E-state index in [2.05, 4.69) is 17.2 Å². The monoisotopic (exact) mass is 395 g/mol. The van der Waals surface area contributed by atoms with Crippen molar-refractivity contribution in [2.45, 2.75) is 121 Å². The molecule has 2 fully saturated rings. The normalized spacial score (nSPS) is 26.0. The van der Waals surface area contributed by atoms with Crippen LogP contribution < -0.4 is 10.3 Å². The summed E-state index contributed by atoms with van der Waals surface area (Å²) in [6.45, 7) is 4.13. The van der Waals surface area contributed by atoms with Crippen molar-refractivity contribution in [2.24, 2.45) is 0 Å². The first-order chi connectivity index (χ1) is 13.0. The molecule has 1 aliphatic heterocycles. The largest absolute Gasteiger partial charge is 0.324 e. The quantitative estimate of drug-likeness (QED) is 0.552. The fraction of sp³-hybridized carbons (Fsp3) is 0.864. The lowest BCUT2D eigenvalue weighted by molar-refractivity contribution is -0.504. The lowest BCUT2D eigenvalue weighted by Gasteiger charge is -2.15. The highest BCUT2D eigenvalue weighted by Crippen LogP contribution is 2.34. The van der Waals surface area contributed by atoms with Crippen LogP contribution >= 0.6 is 11.8 Å². The Balaban J connectivity index is 1.78. The summed E-state index contributed by atoms with van der Waals surface area (Å²) < 4.78 is -0.650.